The second-order valence-corrected chi connectivity index (χ2v) is 7.19. The molecular formula is C17H20N2O3S. The normalized spacial score (nSPS) is 16.2. The van der Waals surface area contributed by atoms with Crippen LogP contribution in [0.15, 0.2) is 59.5 Å². The Labute approximate surface area is 136 Å². The van der Waals surface area contributed by atoms with Gasteiger partial charge in [0, 0.05) is 25.3 Å². The van der Waals surface area contributed by atoms with Gasteiger partial charge in [0.15, 0.2) is 0 Å². The third-order valence-corrected chi connectivity index (χ3v) is 5.17. The minimum atomic E-state index is -3.53. The maximum Gasteiger partial charge on any atom is 0.261 e. The third-order valence-electron chi connectivity index (χ3n) is 3.77. The molecule has 6 heteroatoms. The van der Waals surface area contributed by atoms with Crippen molar-refractivity contribution in [2.24, 2.45) is 0 Å². The number of hydrogen-bond acceptors (Lipinski definition) is 4. The first kappa shape index (κ1) is 16.0. The molecular weight excluding hydrogens is 312 g/mol. The maximum atomic E-state index is 12.3. The van der Waals surface area contributed by atoms with Crippen LogP contribution in [0.25, 0.3) is 0 Å². The molecule has 3 rings (SSSR count). The summed E-state index contributed by atoms with van der Waals surface area (Å²) in [5.74, 6) is 0. The molecule has 5 nitrogen and oxygen atoms in total. The number of nitrogens with zero attached hydrogens (tertiary/aromatic N) is 1. The topological polar surface area (TPSA) is 58.6 Å². The molecule has 23 heavy (non-hydrogen) atoms. The number of morpholine rings is 1. The summed E-state index contributed by atoms with van der Waals surface area (Å²) in [6, 6.07) is 15.9. The first-order valence-corrected chi connectivity index (χ1v) is 9.09. The van der Waals surface area contributed by atoms with Crippen molar-refractivity contribution in [1.29, 1.82) is 0 Å². The van der Waals surface area contributed by atoms with E-state index in [1.165, 1.54) is 0 Å². The van der Waals surface area contributed by atoms with E-state index in [0.717, 1.165) is 38.4 Å². The summed E-state index contributed by atoms with van der Waals surface area (Å²) in [5.41, 5.74) is 1.73. The largest absolute Gasteiger partial charge is 0.379 e. The van der Waals surface area contributed by atoms with Crippen molar-refractivity contribution < 1.29 is 13.2 Å². The summed E-state index contributed by atoms with van der Waals surface area (Å²) in [6.45, 7) is 4.27. The molecule has 1 saturated heterocycles. The monoisotopic (exact) mass is 332 g/mol. The smallest absolute Gasteiger partial charge is 0.261 e. The van der Waals surface area contributed by atoms with Crippen LogP contribution < -0.4 is 4.72 Å². The van der Waals surface area contributed by atoms with E-state index in [2.05, 4.69) is 9.62 Å². The third kappa shape index (κ3) is 4.31. The van der Waals surface area contributed by atoms with Gasteiger partial charge in [-0.05, 0) is 29.8 Å². The number of nitrogens with one attached hydrogen (secondary N) is 1. The van der Waals surface area contributed by atoms with Crippen LogP contribution in [0.4, 0.5) is 5.69 Å². The minimum absolute atomic E-state index is 0.261. The van der Waals surface area contributed by atoms with Crippen molar-refractivity contribution in [3.63, 3.8) is 0 Å². The Morgan fingerprint density at radius 2 is 1.61 bits per heavy atom. The molecule has 0 saturated carbocycles. The molecule has 0 aliphatic carbocycles. The molecule has 0 spiro atoms. The van der Waals surface area contributed by atoms with Crippen molar-refractivity contribution in [3.05, 3.63) is 60.2 Å². The zero-order valence-corrected chi connectivity index (χ0v) is 13.6. The van der Waals surface area contributed by atoms with Crippen LogP contribution in [0, 0.1) is 0 Å². The fraction of sp³-hybridized carbons (Fsp3) is 0.294. The van der Waals surface area contributed by atoms with Gasteiger partial charge >= 0.3 is 0 Å². The van der Waals surface area contributed by atoms with Gasteiger partial charge in [-0.25, -0.2) is 8.42 Å². The van der Waals surface area contributed by atoms with Gasteiger partial charge in [-0.3, -0.25) is 9.62 Å². The Bertz CT molecular complexity index is 724. The van der Waals surface area contributed by atoms with Crippen LogP contribution in [-0.4, -0.2) is 39.6 Å². The fourth-order valence-corrected chi connectivity index (χ4v) is 3.59. The predicted octanol–water partition coefficient (Wildman–Crippen LogP) is 2.32. The zero-order valence-electron chi connectivity index (χ0n) is 12.8. The standard InChI is InChI=1S/C17H20N2O3S/c20-23(21,17-4-2-1-3-5-17)18-16-8-6-15(7-9-16)14-19-10-12-22-13-11-19/h1-9,18H,10-14H2. The molecule has 0 amide bonds. The highest BCUT2D eigenvalue weighted by Crippen LogP contribution is 2.17. The van der Waals surface area contributed by atoms with Crippen LogP contribution in [-0.2, 0) is 21.3 Å². The number of sulfonamides is 1. The molecule has 1 fully saturated rings. The lowest BCUT2D eigenvalue weighted by molar-refractivity contribution is 0.0342. The molecule has 122 valence electrons. The van der Waals surface area contributed by atoms with Gasteiger partial charge in [-0.15, -0.1) is 0 Å². The van der Waals surface area contributed by atoms with Crippen LogP contribution in [0.3, 0.4) is 0 Å². The van der Waals surface area contributed by atoms with Crippen molar-refractivity contribution in [3.8, 4) is 0 Å². The van der Waals surface area contributed by atoms with Crippen molar-refractivity contribution in [2.45, 2.75) is 11.4 Å². The summed E-state index contributed by atoms with van der Waals surface area (Å²) in [6.07, 6.45) is 0. The SMILES string of the molecule is O=S(=O)(Nc1ccc(CN2CCOCC2)cc1)c1ccccc1. The highest BCUT2D eigenvalue weighted by atomic mass is 32.2. The van der Waals surface area contributed by atoms with Gasteiger partial charge in [0.1, 0.15) is 0 Å². The van der Waals surface area contributed by atoms with E-state index in [1.807, 2.05) is 12.1 Å². The Morgan fingerprint density at radius 3 is 2.26 bits per heavy atom. The number of anilines is 1. The van der Waals surface area contributed by atoms with E-state index in [9.17, 15) is 8.42 Å². The van der Waals surface area contributed by atoms with Gasteiger partial charge in [-0.2, -0.15) is 0 Å². The number of benzene rings is 2. The number of ether oxygens (including phenoxy) is 1. The van der Waals surface area contributed by atoms with Crippen LogP contribution in [0.2, 0.25) is 0 Å². The second kappa shape index (κ2) is 7.12. The highest BCUT2D eigenvalue weighted by molar-refractivity contribution is 7.92. The van der Waals surface area contributed by atoms with E-state index >= 15 is 0 Å². The van der Waals surface area contributed by atoms with E-state index in [-0.39, 0.29) is 4.90 Å². The van der Waals surface area contributed by atoms with Crippen molar-refractivity contribution >= 4 is 15.7 Å². The quantitative estimate of drug-likeness (QED) is 0.913. The average Bonchev–Trinajstić information content (AvgIpc) is 2.58. The lowest BCUT2D eigenvalue weighted by Gasteiger charge is -2.26. The van der Waals surface area contributed by atoms with E-state index in [4.69, 9.17) is 4.74 Å². The van der Waals surface area contributed by atoms with Crippen LogP contribution in [0.1, 0.15) is 5.56 Å². The second-order valence-electron chi connectivity index (χ2n) is 5.50. The molecule has 0 aromatic heterocycles. The molecule has 0 radical (unpaired) electrons. The highest BCUT2D eigenvalue weighted by Gasteiger charge is 2.14. The van der Waals surface area contributed by atoms with Gasteiger partial charge in [0.25, 0.3) is 10.0 Å². The summed E-state index contributed by atoms with van der Waals surface area (Å²) in [7, 11) is -3.53. The molecule has 1 aliphatic rings. The number of rotatable bonds is 5. The van der Waals surface area contributed by atoms with Crippen LogP contribution in [0.5, 0.6) is 0 Å². The molecule has 0 bridgehead atoms. The predicted molar refractivity (Wildman–Crippen MR) is 89.8 cm³/mol. The van der Waals surface area contributed by atoms with Gasteiger partial charge < -0.3 is 4.74 Å². The first-order chi connectivity index (χ1) is 11.1. The van der Waals surface area contributed by atoms with Gasteiger partial charge in [0.2, 0.25) is 0 Å². The summed E-state index contributed by atoms with van der Waals surface area (Å²) >= 11 is 0. The molecule has 1 aliphatic heterocycles. The van der Waals surface area contributed by atoms with E-state index in [1.54, 1.807) is 42.5 Å². The Kier molecular flexibility index (Phi) is 4.95. The zero-order chi connectivity index (χ0) is 16.1. The van der Waals surface area contributed by atoms with Gasteiger partial charge in [-0.1, -0.05) is 30.3 Å². The summed E-state index contributed by atoms with van der Waals surface area (Å²) < 4.78 is 32.5. The maximum absolute atomic E-state index is 12.3. The first-order valence-electron chi connectivity index (χ1n) is 7.60. The summed E-state index contributed by atoms with van der Waals surface area (Å²) in [4.78, 5) is 2.59. The molecule has 2 aromatic carbocycles. The summed E-state index contributed by atoms with van der Waals surface area (Å²) in [5, 5.41) is 0. The molecule has 1 heterocycles. The Morgan fingerprint density at radius 1 is 0.957 bits per heavy atom. The van der Waals surface area contributed by atoms with E-state index in [0.29, 0.717) is 5.69 Å². The minimum Gasteiger partial charge on any atom is -0.379 e. The number of hydrogen-bond donors (Lipinski definition) is 1. The van der Waals surface area contributed by atoms with Crippen molar-refractivity contribution in [2.75, 3.05) is 31.0 Å². The van der Waals surface area contributed by atoms with E-state index < -0.39 is 10.0 Å². The molecule has 2 aromatic rings. The van der Waals surface area contributed by atoms with Gasteiger partial charge in [0.05, 0.1) is 18.1 Å². The molecule has 0 unspecified atom stereocenters. The average molecular weight is 332 g/mol. The lowest BCUT2D eigenvalue weighted by atomic mass is 10.2. The van der Waals surface area contributed by atoms with Crippen LogP contribution >= 0.6 is 0 Å². The Balaban J connectivity index is 1.65. The van der Waals surface area contributed by atoms with Crippen molar-refractivity contribution in [1.82, 2.24) is 4.90 Å². The lowest BCUT2D eigenvalue weighted by Crippen LogP contribution is -2.35. The molecule has 1 N–H and O–H groups in total. The molecule has 0 atom stereocenters. The Hall–Kier alpha value is -1.89. The fourth-order valence-electron chi connectivity index (χ4n) is 2.51.